The highest BCUT2D eigenvalue weighted by Gasteiger charge is 2.58. The average Bonchev–Trinajstić information content (AvgIpc) is 3.19. The molecule has 1 aliphatic carbocycles. The molecular formula is C20H24ClN3O3. The van der Waals surface area contributed by atoms with E-state index >= 15 is 0 Å². The number of carbonyl (C=O) groups excluding carboxylic acids is 2. The highest BCUT2D eigenvalue weighted by atomic mass is 35.5. The first kappa shape index (κ1) is 19.7. The lowest BCUT2D eigenvalue weighted by Crippen LogP contribution is -2.48. The second kappa shape index (κ2) is 7.49. The molecule has 3 amide bonds. The smallest absolute Gasteiger partial charge is 0.332 e. The lowest BCUT2D eigenvalue weighted by molar-refractivity contribution is -0.125. The predicted molar refractivity (Wildman–Crippen MR) is 103 cm³/mol. The zero-order valence-electron chi connectivity index (χ0n) is 15.9. The third-order valence-corrected chi connectivity index (χ3v) is 5.94. The van der Waals surface area contributed by atoms with Crippen LogP contribution >= 0.6 is 11.6 Å². The monoisotopic (exact) mass is 389 g/mol. The van der Waals surface area contributed by atoms with Crippen molar-refractivity contribution in [1.82, 2.24) is 4.90 Å². The van der Waals surface area contributed by atoms with Gasteiger partial charge in [-0.2, -0.15) is 5.26 Å². The summed E-state index contributed by atoms with van der Waals surface area (Å²) in [6, 6.07) is 4.87. The van der Waals surface area contributed by atoms with E-state index in [1.165, 1.54) is 4.90 Å². The molecule has 2 fully saturated rings. The van der Waals surface area contributed by atoms with Crippen LogP contribution in [0.3, 0.4) is 0 Å². The highest BCUT2D eigenvalue weighted by molar-refractivity contribution is 6.33. The van der Waals surface area contributed by atoms with Crippen molar-refractivity contribution < 1.29 is 14.3 Å². The average molecular weight is 390 g/mol. The molecule has 27 heavy (non-hydrogen) atoms. The maximum absolute atomic E-state index is 13.4. The standard InChI is InChI=1S/C20H24ClN3O3/c1-13(2)27-11-10-23-19(26)24(18(25)20(23)8-4-5-9-20)16-7-6-15(12-22)17(21)14(16)3/h6-7,13H,4-5,8-11H2,1-3H3. The van der Waals surface area contributed by atoms with E-state index in [2.05, 4.69) is 0 Å². The Morgan fingerprint density at radius 1 is 1.30 bits per heavy atom. The molecule has 0 bridgehead atoms. The van der Waals surface area contributed by atoms with Gasteiger partial charge in [0, 0.05) is 6.54 Å². The van der Waals surface area contributed by atoms with E-state index in [-0.39, 0.29) is 23.1 Å². The third kappa shape index (κ3) is 3.19. The third-order valence-electron chi connectivity index (χ3n) is 5.46. The number of nitrogens with zero attached hydrogens (tertiary/aromatic N) is 3. The fourth-order valence-electron chi connectivity index (χ4n) is 4.06. The SMILES string of the molecule is Cc1c(N2C(=O)N(CCOC(C)C)C3(CCCC3)C2=O)ccc(C#N)c1Cl. The molecule has 1 aliphatic heterocycles. The number of benzene rings is 1. The Bertz CT molecular complexity index is 809. The van der Waals surface area contributed by atoms with Crippen LogP contribution in [-0.4, -0.2) is 41.6 Å². The fourth-order valence-corrected chi connectivity index (χ4v) is 4.27. The summed E-state index contributed by atoms with van der Waals surface area (Å²) < 4.78 is 5.62. The number of anilines is 1. The number of urea groups is 1. The van der Waals surface area contributed by atoms with E-state index < -0.39 is 5.54 Å². The Morgan fingerprint density at radius 2 is 1.96 bits per heavy atom. The van der Waals surface area contributed by atoms with E-state index in [1.54, 1.807) is 24.0 Å². The van der Waals surface area contributed by atoms with Crippen molar-refractivity contribution in [1.29, 1.82) is 5.26 Å². The Labute approximate surface area is 164 Å². The number of hydrogen-bond donors (Lipinski definition) is 0. The quantitative estimate of drug-likeness (QED) is 0.712. The summed E-state index contributed by atoms with van der Waals surface area (Å²) in [6.07, 6.45) is 3.23. The Morgan fingerprint density at radius 3 is 2.56 bits per heavy atom. The van der Waals surface area contributed by atoms with Gasteiger partial charge in [-0.1, -0.05) is 24.4 Å². The van der Waals surface area contributed by atoms with Crippen molar-refractivity contribution in [3.63, 3.8) is 0 Å². The molecule has 1 heterocycles. The number of amides is 3. The Balaban J connectivity index is 1.98. The molecule has 3 rings (SSSR count). The number of hydrogen-bond acceptors (Lipinski definition) is 4. The normalized spacial score (nSPS) is 18.8. The van der Waals surface area contributed by atoms with Gasteiger partial charge in [-0.15, -0.1) is 0 Å². The van der Waals surface area contributed by atoms with Crippen molar-refractivity contribution in [2.75, 3.05) is 18.1 Å². The topological polar surface area (TPSA) is 73.6 Å². The van der Waals surface area contributed by atoms with Crippen LogP contribution in [0.2, 0.25) is 5.02 Å². The number of halogens is 1. The molecule has 0 radical (unpaired) electrons. The molecule has 0 aromatic heterocycles. The molecule has 7 heteroatoms. The van der Waals surface area contributed by atoms with Gasteiger partial charge in [-0.25, -0.2) is 9.69 Å². The second-order valence-corrected chi connectivity index (χ2v) is 7.79. The number of ether oxygens (including phenoxy) is 1. The molecule has 1 spiro atoms. The number of imide groups is 1. The fraction of sp³-hybridized carbons (Fsp3) is 0.550. The predicted octanol–water partition coefficient (Wildman–Crippen LogP) is 4.03. The minimum absolute atomic E-state index is 0.0635. The van der Waals surface area contributed by atoms with Crippen LogP contribution < -0.4 is 4.90 Å². The van der Waals surface area contributed by atoms with Gasteiger partial charge in [0.05, 0.1) is 29.0 Å². The minimum atomic E-state index is -0.787. The van der Waals surface area contributed by atoms with Crippen LogP contribution in [0.25, 0.3) is 0 Å². The van der Waals surface area contributed by atoms with E-state index in [9.17, 15) is 9.59 Å². The molecular weight excluding hydrogens is 366 g/mol. The van der Waals surface area contributed by atoms with E-state index in [0.29, 0.717) is 42.8 Å². The van der Waals surface area contributed by atoms with Crippen LogP contribution in [0.1, 0.15) is 50.7 Å². The van der Waals surface area contributed by atoms with Gasteiger partial charge in [0.2, 0.25) is 0 Å². The van der Waals surface area contributed by atoms with Crippen LogP contribution in [-0.2, 0) is 9.53 Å². The summed E-state index contributed by atoms with van der Waals surface area (Å²) >= 11 is 6.27. The number of carbonyl (C=O) groups is 2. The first-order valence-corrected chi connectivity index (χ1v) is 9.68. The lowest BCUT2D eigenvalue weighted by Gasteiger charge is -2.31. The van der Waals surface area contributed by atoms with Crippen molar-refractivity contribution in [3.8, 4) is 6.07 Å². The summed E-state index contributed by atoms with van der Waals surface area (Å²) in [6.45, 7) is 6.38. The van der Waals surface area contributed by atoms with Gasteiger partial charge in [-0.05, 0) is 51.3 Å². The molecule has 1 aromatic carbocycles. The van der Waals surface area contributed by atoms with Gasteiger partial charge in [0.1, 0.15) is 11.6 Å². The molecule has 144 valence electrons. The summed E-state index contributed by atoms with van der Waals surface area (Å²) in [5.74, 6) is -0.196. The molecule has 1 saturated heterocycles. The summed E-state index contributed by atoms with van der Waals surface area (Å²) in [4.78, 5) is 29.5. The second-order valence-electron chi connectivity index (χ2n) is 7.42. The van der Waals surface area contributed by atoms with Gasteiger partial charge in [-0.3, -0.25) is 4.79 Å². The summed E-state index contributed by atoms with van der Waals surface area (Å²) in [5, 5.41) is 9.43. The van der Waals surface area contributed by atoms with E-state index in [0.717, 1.165) is 12.8 Å². The van der Waals surface area contributed by atoms with Crippen molar-refractivity contribution >= 4 is 29.2 Å². The number of nitriles is 1. The van der Waals surface area contributed by atoms with Gasteiger partial charge in [0.15, 0.2) is 0 Å². The summed E-state index contributed by atoms with van der Waals surface area (Å²) in [5.41, 5.74) is 0.553. The molecule has 6 nitrogen and oxygen atoms in total. The zero-order valence-corrected chi connectivity index (χ0v) is 16.7. The molecule has 2 aliphatic rings. The first-order valence-electron chi connectivity index (χ1n) is 9.30. The summed E-state index contributed by atoms with van der Waals surface area (Å²) in [7, 11) is 0. The van der Waals surface area contributed by atoms with Crippen molar-refractivity contribution in [3.05, 3.63) is 28.3 Å². The lowest BCUT2D eigenvalue weighted by atomic mass is 9.95. The zero-order chi connectivity index (χ0) is 19.8. The molecule has 0 N–H and O–H groups in total. The van der Waals surface area contributed by atoms with Crippen LogP contribution in [0.15, 0.2) is 12.1 Å². The van der Waals surface area contributed by atoms with Crippen LogP contribution in [0.4, 0.5) is 10.5 Å². The molecule has 1 saturated carbocycles. The van der Waals surface area contributed by atoms with Crippen molar-refractivity contribution in [2.24, 2.45) is 0 Å². The number of rotatable bonds is 5. The van der Waals surface area contributed by atoms with Gasteiger partial charge >= 0.3 is 6.03 Å². The van der Waals surface area contributed by atoms with Crippen molar-refractivity contribution in [2.45, 2.75) is 58.1 Å². The Kier molecular flexibility index (Phi) is 5.45. The van der Waals surface area contributed by atoms with Gasteiger partial charge in [0.25, 0.3) is 5.91 Å². The Hall–Kier alpha value is -2.10. The van der Waals surface area contributed by atoms with Gasteiger partial charge < -0.3 is 9.64 Å². The maximum atomic E-state index is 13.4. The van der Waals surface area contributed by atoms with E-state index in [4.69, 9.17) is 21.6 Å². The molecule has 0 unspecified atom stereocenters. The minimum Gasteiger partial charge on any atom is -0.377 e. The van der Waals surface area contributed by atoms with E-state index in [1.807, 2.05) is 19.9 Å². The maximum Gasteiger partial charge on any atom is 0.332 e. The molecule has 1 aromatic rings. The first-order chi connectivity index (χ1) is 12.8. The van der Waals surface area contributed by atoms with Crippen LogP contribution in [0, 0.1) is 18.3 Å². The largest absolute Gasteiger partial charge is 0.377 e. The molecule has 0 atom stereocenters. The van der Waals surface area contributed by atoms with Crippen LogP contribution in [0.5, 0.6) is 0 Å². The highest BCUT2D eigenvalue weighted by Crippen LogP contribution is 2.44.